The Labute approximate surface area is 169 Å². The fraction of sp³-hybridized carbons (Fsp3) is 0.429. The largest absolute Gasteiger partial charge is 0.368 e. The number of carbonyl (C=O) groups is 2. The molecule has 4 rings (SSSR count). The zero-order valence-corrected chi connectivity index (χ0v) is 16.4. The van der Waals surface area contributed by atoms with E-state index in [1.807, 2.05) is 6.07 Å². The van der Waals surface area contributed by atoms with Gasteiger partial charge in [0.05, 0.1) is 5.92 Å². The molecule has 1 saturated heterocycles. The molecular weight excluding hydrogens is 368 g/mol. The van der Waals surface area contributed by atoms with E-state index in [1.54, 1.807) is 6.92 Å². The molecule has 1 unspecified atom stereocenters. The number of nitrogens with two attached hydrogens (primary N) is 2. The summed E-state index contributed by atoms with van der Waals surface area (Å²) in [6, 6.07) is 9.20. The monoisotopic (exact) mass is 394 g/mol. The maximum absolute atomic E-state index is 12.0. The number of hydrogen-bond acceptors (Lipinski definition) is 6. The lowest BCUT2D eigenvalue weighted by Crippen LogP contribution is -2.40. The van der Waals surface area contributed by atoms with E-state index >= 15 is 0 Å². The molecule has 1 aromatic carbocycles. The van der Waals surface area contributed by atoms with Crippen molar-refractivity contribution in [3.63, 3.8) is 0 Å². The molecule has 6 N–H and O–H groups in total. The third-order valence-electron chi connectivity index (χ3n) is 6.17. The van der Waals surface area contributed by atoms with Crippen molar-refractivity contribution in [1.82, 2.24) is 15.3 Å². The van der Waals surface area contributed by atoms with Gasteiger partial charge in [-0.1, -0.05) is 24.3 Å². The summed E-state index contributed by atoms with van der Waals surface area (Å²) in [6.45, 7) is 3.51. The van der Waals surface area contributed by atoms with Crippen molar-refractivity contribution >= 4 is 17.6 Å². The Kier molecular flexibility index (Phi) is 4.96. The zero-order chi connectivity index (χ0) is 20.6. The maximum Gasteiger partial charge on any atom is 0.267 e. The quantitative estimate of drug-likeness (QED) is 0.595. The molecular formula is C21H26N6O2. The van der Waals surface area contributed by atoms with E-state index in [0.717, 1.165) is 32.4 Å². The van der Waals surface area contributed by atoms with Crippen LogP contribution in [0.1, 0.15) is 53.1 Å². The topological polar surface area (TPSA) is 136 Å². The summed E-state index contributed by atoms with van der Waals surface area (Å²) in [7, 11) is 0. The molecule has 8 nitrogen and oxygen atoms in total. The van der Waals surface area contributed by atoms with Crippen molar-refractivity contribution in [2.45, 2.75) is 38.1 Å². The van der Waals surface area contributed by atoms with Gasteiger partial charge in [0.1, 0.15) is 23.4 Å². The van der Waals surface area contributed by atoms with Crippen LogP contribution in [0.5, 0.6) is 0 Å². The number of amides is 2. The minimum Gasteiger partial charge on any atom is -0.368 e. The van der Waals surface area contributed by atoms with Crippen LogP contribution in [0.15, 0.2) is 30.3 Å². The maximum atomic E-state index is 12.0. The number of nitrogens with zero attached hydrogens (tertiary/aromatic N) is 2. The Bertz CT molecular complexity index is 954. The molecule has 1 aliphatic heterocycles. The van der Waals surface area contributed by atoms with Crippen molar-refractivity contribution in [3.8, 4) is 0 Å². The molecule has 1 spiro atoms. The first-order valence-corrected chi connectivity index (χ1v) is 9.93. The number of aromatic nitrogens is 2. The predicted molar refractivity (Wildman–Crippen MR) is 109 cm³/mol. The minimum absolute atomic E-state index is 0.00220. The van der Waals surface area contributed by atoms with Crippen molar-refractivity contribution < 1.29 is 9.59 Å². The van der Waals surface area contributed by atoms with Crippen molar-refractivity contribution in [2.75, 3.05) is 18.4 Å². The molecule has 2 aromatic rings. The van der Waals surface area contributed by atoms with Gasteiger partial charge in [0, 0.05) is 6.07 Å². The summed E-state index contributed by atoms with van der Waals surface area (Å²) in [4.78, 5) is 32.7. The van der Waals surface area contributed by atoms with E-state index in [0.29, 0.717) is 11.6 Å². The second kappa shape index (κ2) is 7.44. The van der Waals surface area contributed by atoms with Gasteiger partial charge < -0.3 is 22.1 Å². The molecule has 0 saturated carbocycles. The highest BCUT2D eigenvalue weighted by molar-refractivity contribution is 5.91. The number of rotatable bonds is 5. The van der Waals surface area contributed by atoms with Crippen molar-refractivity contribution in [1.29, 1.82) is 0 Å². The Hall–Kier alpha value is -3.00. The van der Waals surface area contributed by atoms with Gasteiger partial charge in [0.2, 0.25) is 5.91 Å². The van der Waals surface area contributed by atoms with E-state index in [9.17, 15) is 9.59 Å². The average molecular weight is 394 g/mol. The molecule has 2 atom stereocenters. The van der Waals surface area contributed by atoms with Crippen LogP contribution in [-0.4, -0.2) is 40.9 Å². The second-order valence-electron chi connectivity index (χ2n) is 8.05. The molecule has 8 heteroatoms. The number of primary amides is 2. The van der Waals surface area contributed by atoms with Crippen LogP contribution in [0.4, 0.5) is 5.82 Å². The van der Waals surface area contributed by atoms with Crippen LogP contribution < -0.4 is 22.1 Å². The fourth-order valence-electron chi connectivity index (χ4n) is 4.68. The molecule has 29 heavy (non-hydrogen) atoms. The van der Waals surface area contributed by atoms with Gasteiger partial charge >= 0.3 is 0 Å². The number of piperidine rings is 1. The third-order valence-corrected chi connectivity index (χ3v) is 6.17. The summed E-state index contributed by atoms with van der Waals surface area (Å²) in [6.07, 6.45) is 2.95. The fourth-order valence-corrected chi connectivity index (χ4v) is 4.68. The Balaban J connectivity index is 1.83. The number of carbonyl (C=O) groups excluding carboxylic acids is 2. The molecule has 152 valence electrons. The molecule has 0 radical (unpaired) electrons. The lowest BCUT2D eigenvalue weighted by molar-refractivity contribution is -0.118. The van der Waals surface area contributed by atoms with Gasteiger partial charge in [0.25, 0.3) is 5.91 Å². The number of hydrogen-bond donors (Lipinski definition) is 4. The van der Waals surface area contributed by atoms with Crippen molar-refractivity contribution in [3.05, 3.63) is 53.0 Å². The van der Waals surface area contributed by atoms with E-state index < -0.39 is 17.9 Å². The van der Waals surface area contributed by atoms with Gasteiger partial charge in [-0.3, -0.25) is 9.59 Å². The first kappa shape index (κ1) is 19.3. The van der Waals surface area contributed by atoms with Gasteiger partial charge in [-0.2, -0.15) is 0 Å². The Morgan fingerprint density at radius 2 is 1.93 bits per heavy atom. The Morgan fingerprint density at radius 3 is 2.62 bits per heavy atom. The summed E-state index contributed by atoms with van der Waals surface area (Å²) < 4.78 is 0. The zero-order valence-electron chi connectivity index (χ0n) is 16.4. The lowest BCUT2D eigenvalue weighted by Gasteiger charge is -2.39. The van der Waals surface area contributed by atoms with Crippen LogP contribution in [0.2, 0.25) is 0 Å². The van der Waals surface area contributed by atoms with Gasteiger partial charge in [-0.15, -0.1) is 0 Å². The van der Waals surface area contributed by atoms with E-state index in [2.05, 4.69) is 33.8 Å². The minimum atomic E-state index is -0.637. The summed E-state index contributed by atoms with van der Waals surface area (Å²) in [5, 5.41) is 6.41. The SMILES string of the molecule is C[C@H](Nc1cc(C(N)=O)nc(C2c3ccccc3CC23CCNCC3)n1)C(N)=O. The van der Waals surface area contributed by atoms with E-state index in [4.69, 9.17) is 16.5 Å². The van der Waals surface area contributed by atoms with E-state index in [-0.39, 0.29) is 17.0 Å². The molecule has 2 aliphatic rings. The van der Waals surface area contributed by atoms with Gasteiger partial charge in [0.15, 0.2) is 0 Å². The highest BCUT2D eigenvalue weighted by Crippen LogP contribution is 2.54. The van der Waals surface area contributed by atoms with Crippen LogP contribution in [0, 0.1) is 5.41 Å². The first-order chi connectivity index (χ1) is 13.9. The van der Waals surface area contributed by atoms with Crippen LogP contribution >= 0.6 is 0 Å². The Morgan fingerprint density at radius 1 is 1.21 bits per heavy atom. The number of anilines is 1. The summed E-state index contributed by atoms with van der Waals surface area (Å²) in [5.41, 5.74) is 13.5. The average Bonchev–Trinajstić information content (AvgIpc) is 3.00. The number of benzene rings is 1. The lowest BCUT2D eigenvalue weighted by atomic mass is 9.69. The van der Waals surface area contributed by atoms with Crippen LogP contribution in [0.25, 0.3) is 0 Å². The number of fused-ring (bicyclic) bond motifs is 1. The van der Waals surface area contributed by atoms with Gasteiger partial charge in [-0.05, 0) is 55.8 Å². The predicted octanol–water partition coefficient (Wildman–Crippen LogP) is 0.919. The number of nitrogens with one attached hydrogen (secondary N) is 2. The highest BCUT2D eigenvalue weighted by Gasteiger charge is 2.48. The smallest absolute Gasteiger partial charge is 0.267 e. The molecule has 1 aliphatic carbocycles. The standard InChI is InChI=1S/C21H26N6O2/c1-12(18(22)28)25-16-10-15(19(23)29)26-20(27-16)17-14-5-3-2-4-13(14)11-21(17)6-8-24-9-7-21/h2-5,10,12,17,24H,6-9,11H2,1H3,(H2,22,28)(H2,23,29)(H,25,26,27)/t12-,17?/m0/s1. The molecule has 1 aromatic heterocycles. The van der Waals surface area contributed by atoms with Gasteiger partial charge in [-0.25, -0.2) is 9.97 Å². The third kappa shape index (κ3) is 3.55. The first-order valence-electron chi connectivity index (χ1n) is 9.93. The summed E-state index contributed by atoms with van der Waals surface area (Å²) >= 11 is 0. The van der Waals surface area contributed by atoms with Crippen LogP contribution in [0.3, 0.4) is 0 Å². The highest BCUT2D eigenvalue weighted by atomic mass is 16.1. The van der Waals surface area contributed by atoms with E-state index in [1.165, 1.54) is 17.2 Å². The summed E-state index contributed by atoms with van der Waals surface area (Å²) in [5.74, 6) is -0.235. The van der Waals surface area contributed by atoms with Crippen LogP contribution in [-0.2, 0) is 11.2 Å². The van der Waals surface area contributed by atoms with Crippen molar-refractivity contribution in [2.24, 2.45) is 16.9 Å². The molecule has 1 fully saturated rings. The second-order valence-corrected chi connectivity index (χ2v) is 8.05. The normalized spacial score (nSPS) is 20.8. The molecule has 2 heterocycles. The molecule has 2 amide bonds. The molecule has 0 bridgehead atoms.